The van der Waals surface area contributed by atoms with E-state index in [2.05, 4.69) is 23.8 Å². The van der Waals surface area contributed by atoms with Crippen LogP contribution in [-0.4, -0.2) is 32.4 Å². The molecule has 6 heteroatoms. The molecule has 0 radical (unpaired) electrons. The molecule has 3 heterocycles. The number of nitrogens with zero attached hydrogens (tertiary/aromatic N) is 4. The Morgan fingerprint density at radius 1 is 1.33 bits per heavy atom. The number of carbonyl (C=O) groups excluding carboxylic acids is 1. The molecule has 1 amide bonds. The molecule has 1 unspecified atom stereocenters. The van der Waals surface area contributed by atoms with Gasteiger partial charge in [0.2, 0.25) is 0 Å². The van der Waals surface area contributed by atoms with Crippen molar-refractivity contribution in [2.45, 2.75) is 33.4 Å². The second-order valence-corrected chi connectivity index (χ2v) is 7.44. The first kappa shape index (κ1) is 16.6. The molecule has 3 aromatic heterocycles. The van der Waals surface area contributed by atoms with Crippen LogP contribution in [0.4, 0.5) is 0 Å². The molecule has 0 aromatic carbocycles. The molecule has 0 bridgehead atoms. The third kappa shape index (κ3) is 3.19. The first-order chi connectivity index (χ1) is 11.5. The zero-order valence-corrected chi connectivity index (χ0v) is 15.2. The Kier molecular flexibility index (Phi) is 4.66. The fourth-order valence-electron chi connectivity index (χ4n) is 2.69. The Morgan fingerprint density at radius 3 is 2.79 bits per heavy atom. The lowest BCUT2D eigenvalue weighted by atomic mass is 10.2. The largest absolute Gasteiger partial charge is 0.334 e. The van der Waals surface area contributed by atoms with Crippen molar-refractivity contribution in [2.75, 3.05) is 7.05 Å². The molecule has 3 aromatic rings. The number of carbonyl (C=O) groups is 1. The Hall–Kier alpha value is -2.21. The summed E-state index contributed by atoms with van der Waals surface area (Å²) in [6.07, 6.45) is 3.45. The Labute approximate surface area is 146 Å². The molecule has 1 atom stereocenters. The lowest BCUT2D eigenvalue weighted by Gasteiger charge is -2.24. The summed E-state index contributed by atoms with van der Waals surface area (Å²) in [4.78, 5) is 24.6. The van der Waals surface area contributed by atoms with Gasteiger partial charge in [-0.15, -0.1) is 11.3 Å². The summed E-state index contributed by atoms with van der Waals surface area (Å²) in [5, 5.41) is 2.03. The van der Waals surface area contributed by atoms with E-state index in [1.165, 1.54) is 4.88 Å². The second-order valence-electron chi connectivity index (χ2n) is 6.46. The van der Waals surface area contributed by atoms with Crippen LogP contribution in [0.2, 0.25) is 0 Å². The van der Waals surface area contributed by atoms with Crippen LogP contribution in [-0.2, 0) is 6.54 Å². The third-order valence-corrected chi connectivity index (χ3v) is 5.16. The molecule has 0 aliphatic heterocycles. The lowest BCUT2D eigenvalue weighted by Crippen LogP contribution is -2.29. The van der Waals surface area contributed by atoms with Crippen LogP contribution in [0, 0.1) is 5.92 Å². The third-order valence-electron chi connectivity index (χ3n) is 4.12. The molecule has 126 valence electrons. The van der Waals surface area contributed by atoms with Gasteiger partial charge in [-0.25, -0.2) is 9.97 Å². The van der Waals surface area contributed by atoms with Gasteiger partial charge in [-0.05, 0) is 30.4 Å². The fraction of sp³-hybridized carbons (Fsp3) is 0.389. The Morgan fingerprint density at radius 2 is 2.12 bits per heavy atom. The van der Waals surface area contributed by atoms with Gasteiger partial charge < -0.3 is 9.47 Å². The van der Waals surface area contributed by atoms with Crippen molar-refractivity contribution in [1.29, 1.82) is 0 Å². The summed E-state index contributed by atoms with van der Waals surface area (Å²) in [5.41, 5.74) is 2.16. The van der Waals surface area contributed by atoms with Crippen LogP contribution < -0.4 is 0 Å². The van der Waals surface area contributed by atoms with Gasteiger partial charge in [0.25, 0.3) is 5.91 Å². The maximum atomic E-state index is 12.8. The number of amides is 1. The first-order valence-corrected chi connectivity index (χ1v) is 8.96. The van der Waals surface area contributed by atoms with Crippen molar-refractivity contribution >= 4 is 28.4 Å². The summed E-state index contributed by atoms with van der Waals surface area (Å²) in [7, 11) is 1.83. The minimum Gasteiger partial charge on any atom is -0.334 e. The van der Waals surface area contributed by atoms with Crippen molar-refractivity contribution in [3.05, 3.63) is 46.5 Å². The molecular weight excluding hydrogens is 320 g/mol. The van der Waals surface area contributed by atoms with Crippen molar-refractivity contribution < 1.29 is 4.79 Å². The van der Waals surface area contributed by atoms with Gasteiger partial charge in [0.05, 0.1) is 17.9 Å². The molecular formula is C18H22N4OS. The van der Waals surface area contributed by atoms with Gasteiger partial charge in [-0.3, -0.25) is 4.79 Å². The van der Waals surface area contributed by atoms with Crippen LogP contribution in [0.15, 0.2) is 36.1 Å². The second kappa shape index (κ2) is 6.73. The van der Waals surface area contributed by atoms with Gasteiger partial charge in [0, 0.05) is 24.7 Å². The SMILES string of the molecule is CC(C)Cn1cnc2cc(C(=O)N(C)C(C)c3cccs3)cnc21. The minimum absolute atomic E-state index is 0.0340. The van der Waals surface area contributed by atoms with E-state index in [4.69, 9.17) is 0 Å². The molecule has 5 nitrogen and oxygen atoms in total. The van der Waals surface area contributed by atoms with Crippen molar-refractivity contribution in [3.63, 3.8) is 0 Å². The summed E-state index contributed by atoms with van der Waals surface area (Å²) < 4.78 is 2.03. The highest BCUT2D eigenvalue weighted by Crippen LogP contribution is 2.25. The highest BCUT2D eigenvalue weighted by Gasteiger charge is 2.20. The highest BCUT2D eigenvalue weighted by atomic mass is 32.1. The molecule has 0 spiro atoms. The smallest absolute Gasteiger partial charge is 0.255 e. The lowest BCUT2D eigenvalue weighted by molar-refractivity contribution is 0.0744. The number of rotatable bonds is 5. The van der Waals surface area contributed by atoms with E-state index < -0.39 is 0 Å². The molecule has 3 rings (SSSR count). The van der Waals surface area contributed by atoms with E-state index >= 15 is 0 Å². The fourth-order valence-corrected chi connectivity index (χ4v) is 3.52. The molecule has 0 fully saturated rings. The molecule has 0 saturated carbocycles. The van der Waals surface area contributed by atoms with E-state index in [1.54, 1.807) is 28.8 Å². The minimum atomic E-state index is -0.0382. The van der Waals surface area contributed by atoms with Crippen LogP contribution in [0.25, 0.3) is 11.2 Å². The zero-order chi connectivity index (χ0) is 17.3. The molecule has 0 aliphatic carbocycles. The van der Waals surface area contributed by atoms with E-state index in [1.807, 2.05) is 42.1 Å². The van der Waals surface area contributed by atoms with Crippen LogP contribution in [0.1, 0.15) is 42.0 Å². The van der Waals surface area contributed by atoms with Crippen molar-refractivity contribution in [1.82, 2.24) is 19.4 Å². The van der Waals surface area contributed by atoms with E-state index in [0.29, 0.717) is 11.5 Å². The van der Waals surface area contributed by atoms with Crippen LogP contribution in [0.3, 0.4) is 0 Å². The maximum Gasteiger partial charge on any atom is 0.255 e. The zero-order valence-electron chi connectivity index (χ0n) is 14.4. The van der Waals surface area contributed by atoms with Gasteiger partial charge in [0.15, 0.2) is 5.65 Å². The molecule has 0 saturated heterocycles. The quantitative estimate of drug-likeness (QED) is 0.704. The summed E-state index contributed by atoms with van der Waals surface area (Å²) in [6, 6.07) is 5.92. The molecule has 0 aliphatic rings. The summed E-state index contributed by atoms with van der Waals surface area (Å²) in [5.74, 6) is 0.479. The number of fused-ring (bicyclic) bond motifs is 1. The van der Waals surface area contributed by atoms with Crippen LogP contribution in [0.5, 0.6) is 0 Å². The number of aromatic nitrogens is 3. The number of imidazole rings is 1. The van der Waals surface area contributed by atoms with E-state index in [0.717, 1.165) is 17.7 Å². The van der Waals surface area contributed by atoms with Gasteiger partial charge in [-0.2, -0.15) is 0 Å². The molecule has 24 heavy (non-hydrogen) atoms. The normalized spacial score (nSPS) is 12.7. The topological polar surface area (TPSA) is 51.0 Å². The predicted molar refractivity (Wildman–Crippen MR) is 97.2 cm³/mol. The summed E-state index contributed by atoms with van der Waals surface area (Å²) >= 11 is 1.66. The average molecular weight is 342 g/mol. The Balaban J connectivity index is 1.85. The predicted octanol–water partition coefficient (Wildman–Crippen LogP) is 3.98. The van der Waals surface area contributed by atoms with Gasteiger partial charge in [0.1, 0.15) is 5.52 Å². The standard InChI is InChI=1S/C18H22N4OS/c1-12(2)10-22-11-20-15-8-14(9-19-17(15)22)18(23)21(4)13(3)16-6-5-7-24-16/h5-9,11-13H,10H2,1-4H3. The first-order valence-electron chi connectivity index (χ1n) is 8.08. The highest BCUT2D eigenvalue weighted by molar-refractivity contribution is 7.10. The van der Waals surface area contributed by atoms with Crippen LogP contribution >= 0.6 is 11.3 Å². The van der Waals surface area contributed by atoms with Crippen molar-refractivity contribution in [3.8, 4) is 0 Å². The monoisotopic (exact) mass is 342 g/mol. The Bertz CT molecular complexity index is 838. The molecule has 0 N–H and O–H groups in total. The number of thiophene rings is 1. The van der Waals surface area contributed by atoms with Crippen molar-refractivity contribution in [2.24, 2.45) is 5.92 Å². The van der Waals surface area contributed by atoms with E-state index in [-0.39, 0.29) is 11.9 Å². The van der Waals surface area contributed by atoms with E-state index in [9.17, 15) is 4.79 Å². The maximum absolute atomic E-state index is 12.8. The number of hydrogen-bond acceptors (Lipinski definition) is 4. The van der Waals surface area contributed by atoms with Gasteiger partial charge in [-0.1, -0.05) is 19.9 Å². The number of pyridine rings is 1. The average Bonchev–Trinajstić information content (AvgIpc) is 3.22. The summed E-state index contributed by atoms with van der Waals surface area (Å²) in [6.45, 7) is 7.22. The number of hydrogen-bond donors (Lipinski definition) is 0. The van der Waals surface area contributed by atoms with Gasteiger partial charge >= 0.3 is 0 Å².